The van der Waals surface area contributed by atoms with Crippen molar-refractivity contribution >= 4 is 0 Å². The van der Waals surface area contributed by atoms with E-state index in [0.717, 1.165) is 6.20 Å². The van der Waals surface area contributed by atoms with Gasteiger partial charge in [-0.25, -0.2) is 9.37 Å². The molecule has 2 heterocycles. The van der Waals surface area contributed by atoms with Crippen LogP contribution in [0.2, 0.25) is 0 Å². The first kappa shape index (κ1) is 6.39. The van der Waals surface area contributed by atoms with Crippen LogP contribution in [0.3, 0.4) is 0 Å². The topological polar surface area (TPSA) is 31.4 Å². The molecule has 0 radical (unpaired) electrons. The summed E-state index contributed by atoms with van der Waals surface area (Å²) in [4.78, 5) is 3.70. The lowest BCUT2D eigenvalue weighted by Crippen LogP contribution is -2.16. The summed E-state index contributed by atoms with van der Waals surface area (Å²) in [6, 6.07) is 1.27. The second kappa shape index (κ2) is 2.38. The van der Waals surface area contributed by atoms with E-state index < -0.39 is 5.82 Å². The molecular weight excluding hydrogens is 149 g/mol. The third kappa shape index (κ3) is 1.11. The van der Waals surface area contributed by atoms with Crippen LogP contribution in [0, 0.1) is 5.82 Å². The van der Waals surface area contributed by atoms with Gasteiger partial charge in [0.25, 0.3) is 5.88 Å². The van der Waals surface area contributed by atoms with Gasteiger partial charge in [0.15, 0.2) is 5.75 Å². The number of aromatic nitrogens is 1. The molecule has 58 valence electrons. The Morgan fingerprint density at radius 1 is 1.36 bits per heavy atom. The van der Waals surface area contributed by atoms with E-state index in [1.54, 1.807) is 0 Å². The van der Waals surface area contributed by atoms with Crippen molar-refractivity contribution in [2.45, 2.75) is 0 Å². The third-order valence-electron chi connectivity index (χ3n) is 1.36. The minimum absolute atomic E-state index is 0.373. The van der Waals surface area contributed by atoms with Crippen molar-refractivity contribution in [2.24, 2.45) is 0 Å². The van der Waals surface area contributed by atoms with Crippen molar-refractivity contribution in [1.82, 2.24) is 4.98 Å². The number of ether oxygens (including phenoxy) is 2. The quantitative estimate of drug-likeness (QED) is 0.559. The van der Waals surface area contributed by atoms with E-state index in [4.69, 9.17) is 9.47 Å². The summed E-state index contributed by atoms with van der Waals surface area (Å²) in [5.41, 5.74) is 0. The molecule has 0 unspecified atom stereocenters. The second-order valence-electron chi connectivity index (χ2n) is 2.15. The molecule has 1 aromatic heterocycles. The largest absolute Gasteiger partial charge is 0.484 e. The zero-order valence-corrected chi connectivity index (χ0v) is 5.71. The van der Waals surface area contributed by atoms with Crippen molar-refractivity contribution in [2.75, 3.05) is 13.2 Å². The molecule has 1 aliphatic heterocycles. The van der Waals surface area contributed by atoms with E-state index in [1.807, 2.05) is 0 Å². The van der Waals surface area contributed by atoms with Crippen LogP contribution in [0.5, 0.6) is 11.6 Å². The van der Waals surface area contributed by atoms with Crippen molar-refractivity contribution in [3.8, 4) is 11.6 Å². The summed E-state index contributed by atoms with van der Waals surface area (Å²) in [5.74, 6) is 0.350. The minimum Gasteiger partial charge on any atom is -0.484 e. The highest BCUT2D eigenvalue weighted by Crippen LogP contribution is 2.26. The average Bonchev–Trinajstić information content (AvgIpc) is 2.04. The Kier molecular flexibility index (Phi) is 1.38. The lowest BCUT2D eigenvalue weighted by atomic mass is 10.4. The standard InChI is InChI=1S/C7H6FNO2/c8-5-3-6-7(9-4-5)11-2-1-10-6/h3-4H,1-2H2. The van der Waals surface area contributed by atoms with Crippen LogP contribution in [-0.4, -0.2) is 18.2 Å². The van der Waals surface area contributed by atoms with Crippen LogP contribution in [-0.2, 0) is 0 Å². The van der Waals surface area contributed by atoms with E-state index in [0.29, 0.717) is 24.8 Å². The van der Waals surface area contributed by atoms with Crippen LogP contribution in [0.25, 0.3) is 0 Å². The molecule has 0 bridgehead atoms. The van der Waals surface area contributed by atoms with Crippen molar-refractivity contribution in [3.63, 3.8) is 0 Å². The molecule has 0 amide bonds. The van der Waals surface area contributed by atoms with Crippen LogP contribution < -0.4 is 9.47 Å². The van der Waals surface area contributed by atoms with Gasteiger partial charge in [0.2, 0.25) is 0 Å². The number of hydrogen-bond acceptors (Lipinski definition) is 3. The highest BCUT2D eigenvalue weighted by molar-refractivity contribution is 5.34. The van der Waals surface area contributed by atoms with Crippen molar-refractivity contribution in [3.05, 3.63) is 18.1 Å². The van der Waals surface area contributed by atoms with Gasteiger partial charge in [-0.1, -0.05) is 0 Å². The second-order valence-corrected chi connectivity index (χ2v) is 2.15. The number of halogens is 1. The molecule has 0 atom stereocenters. The fraction of sp³-hybridized carbons (Fsp3) is 0.286. The van der Waals surface area contributed by atoms with Gasteiger partial charge in [-0.2, -0.15) is 0 Å². The summed E-state index contributed by atoms with van der Waals surface area (Å²) < 4.78 is 22.6. The summed E-state index contributed by atoms with van der Waals surface area (Å²) in [6.07, 6.45) is 1.10. The lowest BCUT2D eigenvalue weighted by molar-refractivity contribution is 0.163. The zero-order valence-electron chi connectivity index (χ0n) is 5.71. The van der Waals surface area contributed by atoms with Crippen molar-refractivity contribution < 1.29 is 13.9 Å². The van der Waals surface area contributed by atoms with Crippen LogP contribution in [0.1, 0.15) is 0 Å². The molecule has 4 heteroatoms. The molecule has 0 N–H and O–H groups in total. The average molecular weight is 155 g/mol. The third-order valence-corrected chi connectivity index (χ3v) is 1.36. The molecule has 0 aliphatic carbocycles. The molecule has 3 nitrogen and oxygen atoms in total. The SMILES string of the molecule is Fc1cnc2c(c1)OCCO2. The Labute approximate surface area is 62.8 Å². The van der Waals surface area contributed by atoms with Gasteiger partial charge in [0.05, 0.1) is 6.20 Å². The Hall–Kier alpha value is -1.32. The molecule has 0 saturated carbocycles. The van der Waals surface area contributed by atoms with Crippen LogP contribution >= 0.6 is 0 Å². The first-order valence-corrected chi connectivity index (χ1v) is 3.27. The number of rotatable bonds is 0. The predicted molar refractivity (Wildman–Crippen MR) is 35.2 cm³/mol. The molecule has 1 aromatic rings. The molecule has 0 aromatic carbocycles. The number of fused-ring (bicyclic) bond motifs is 1. The van der Waals surface area contributed by atoms with Crippen molar-refractivity contribution in [1.29, 1.82) is 0 Å². The Morgan fingerprint density at radius 3 is 3.09 bits per heavy atom. The molecule has 0 saturated heterocycles. The summed E-state index contributed by atoms with van der Waals surface area (Å²) in [6.45, 7) is 0.934. The smallest absolute Gasteiger partial charge is 0.257 e. The van der Waals surface area contributed by atoms with Gasteiger partial charge < -0.3 is 9.47 Å². The molecule has 1 aliphatic rings. The van der Waals surface area contributed by atoms with Crippen LogP contribution in [0.4, 0.5) is 4.39 Å². The summed E-state index contributed by atoms with van der Waals surface area (Å²) >= 11 is 0. The number of nitrogens with zero attached hydrogens (tertiary/aromatic N) is 1. The Morgan fingerprint density at radius 2 is 2.18 bits per heavy atom. The lowest BCUT2D eigenvalue weighted by Gasteiger charge is -2.16. The molecule has 2 rings (SSSR count). The minimum atomic E-state index is -0.408. The molecule has 11 heavy (non-hydrogen) atoms. The fourth-order valence-electron chi connectivity index (χ4n) is 0.910. The van der Waals surface area contributed by atoms with E-state index in [1.165, 1.54) is 6.07 Å². The summed E-state index contributed by atoms with van der Waals surface area (Å²) in [7, 11) is 0. The van der Waals surface area contributed by atoms with Gasteiger partial charge in [-0.05, 0) is 0 Å². The molecule has 0 fully saturated rings. The molecular formula is C7H6FNO2. The zero-order chi connectivity index (χ0) is 7.68. The fourth-order valence-corrected chi connectivity index (χ4v) is 0.910. The van der Waals surface area contributed by atoms with Gasteiger partial charge in [0, 0.05) is 6.07 Å². The summed E-state index contributed by atoms with van der Waals surface area (Å²) in [5, 5.41) is 0. The number of hydrogen-bond donors (Lipinski definition) is 0. The maximum atomic E-state index is 12.5. The van der Waals surface area contributed by atoms with Gasteiger partial charge in [-0.15, -0.1) is 0 Å². The van der Waals surface area contributed by atoms with E-state index >= 15 is 0 Å². The monoisotopic (exact) mass is 155 g/mol. The normalized spacial score (nSPS) is 14.6. The Bertz CT molecular complexity index is 277. The van der Waals surface area contributed by atoms with Crippen LogP contribution in [0.15, 0.2) is 12.3 Å². The van der Waals surface area contributed by atoms with E-state index in [9.17, 15) is 4.39 Å². The van der Waals surface area contributed by atoms with Gasteiger partial charge in [-0.3, -0.25) is 0 Å². The molecule has 0 spiro atoms. The van der Waals surface area contributed by atoms with Gasteiger partial charge in [0.1, 0.15) is 19.0 Å². The first-order chi connectivity index (χ1) is 5.36. The highest BCUT2D eigenvalue weighted by Gasteiger charge is 2.12. The highest BCUT2D eigenvalue weighted by atomic mass is 19.1. The first-order valence-electron chi connectivity index (χ1n) is 3.27. The number of pyridine rings is 1. The van der Waals surface area contributed by atoms with Gasteiger partial charge >= 0.3 is 0 Å². The predicted octanol–water partition coefficient (Wildman–Crippen LogP) is 0.992. The van der Waals surface area contributed by atoms with E-state index in [-0.39, 0.29) is 0 Å². The Balaban J connectivity index is 2.43. The maximum Gasteiger partial charge on any atom is 0.257 e. The maximum absolute atomic E-state index is 12.5. The van der Waals surface area contributed by atoms with E-state index in [2.05, 4.69) is 4.98 Å².